The van der Waals surface area contributed by atoms with Gasteiger partial charge in [-0.2, -0.15) is 0 Å². The Bertz CT molecular complexity index is 736. The maximum atomic E-state index is 13.1. The predicted molar refractivity (Wildman–Crippen MR) is 88.2 cm³/mol. The summed E-state index contributed by atoms with van der Waals surface area (Å²) in [5, 5.41) is 11.7. The van der Waals surface area contributed by atoms with Crippen LogP contribution in [0.15, 0.2) is 40.9 Å². The monoisotopic (exact) mass is 463 g/mol. The third kappa shape index (κ3) is 3.79. The van der Waals surface area contributed by atoms with E-state index >= 15 is 0 Å². The molecule has 2 N–H and O–H groups in total. The van der Waals surface area contributed by atoms with E-state index in [1.165, 1.54) is 24.3 Å². The van der Waals surface area contributed by atoms with Crippen LogP contribution in [0.3, 0.4) is 0 Å². The maximum Gasteiger partial charge on any atom is 0.337 e. The van der Waals surface area contributed by atoms with E-state index in [0.717, 1.165) is 9.64 Å². The second kappa shape index (κ2) is 6.52. The molecule has 0 heterocycles. The van der Waals surface area contributed by atoms with Crippen LogP contribution >= 0.6 is 38.5 Å². The first-order valence-corrected chi connectivity index (χ1v) is 7.55. The average molecular weight is 464 g/mol. The van der Waals surface area contributed by atoms with Crippen molar-refractivity contribution in [2.45, 2.75) is 0 Å². The van der Waals surface area contributed by atoms with Crippen LogP contribution in [0.1, 0.15) is 20.7 Å². The van der Waals surface area contributed by atoms with E-state index in [1.807, 2.05) is 22.6 Å². The van der Waals surface area contributed by atoms with E-state index in [1.54, 1.807) is 6.07 Å². The molecule has 0 aliphatic rings. The molecule has 0 spiro atoms. The molecular weight excluding hydrogens is 456 g/mol. The van der Waals surface area contributed by atoms with Crippen molar-refractivity contribution in [2.75, 3.05) is 5.32 Å². The summed E-state index contributed by atoms with van der Waals surface area (Å²) < 4.78 is 14.1. The van der Waals surface area contributed by atoms with E-state index in [2.05, 4.69) is 21.2 Å². The molecule has 0 bridgehead atoms. The minimum atomic E-state index is -1.14. The van der Waals surface area contributed by atoms with Crippen LogP contribution in [0.4, 0.5) is 10.1 Å². The molecule has 4 nitrogen and oxygen atoms in total. The van der Waals surface area contributed by atoms with Gasteiger partial charge in [-0.1, -0.05) is 0 Å². The highest BCUT2D eigenvalue weighted by molar-refractivity contribution is 14.1. The van der Waals surface area contributed by atoms with Gasteiger partial charge in [0, 0.05) is 9.13 Å². The number of halogens is 3. The minimum Gasteiger partial charge on any atom is -0.478 e. The molecule has 0 saturated heterocycles. The van der Waals surface area contributed by atoms with Crippen molar-refractivity contribution in [1.82, 2.24) is 0 Å². The van der Waals surface area contributed by atoms with Crippen molar-refractivity contribution in [3.8, 4) is 0 Å². The SMILES string of the molecule is O=C(Nc1ccc(I)cc1C(=O)O)c1ccc(F)c(Br)c1. The van der Waals surface area contributed by atoms with E-state index < -0.39 is 17.7 Å². The van der Waals surface area contributed by atoms with Gasteiger partial charge < -0.3 is 10.4 Å². The predicted octanol–water partition coefficient (Wildman–Crippen LogP) is 4.14. The summed E-state index contributed by atoms with van der Waals surface area (Å²) in [4.78, 5) is 23.3. The number of anilines is 1. The molecule has 0 fully saturated rings. The summed E-state index contributed by atoms with van der Waals surface area (Å²) in [7, 11) is 0. The highest BCUT2D eigenvalue weighted by Crippen LogP contribution is 2.21. The number of nitrogens with one attached hydrogen (secondary N) is 1. The lowest BCUT2D eigenvalue weighted by molar-refractivity contribution is 0.0698. The quantitative estimate of drug-likeness (QED) is 0.672. The van der Waals surface area contributed by atoms with E-state index in [0.29, 0.717) is 0 Å². The fourth-order valence-electron chi connectivity index (χ4n) is 1.63. The fraction of sp³-hybridized carbons (Fsp3) is 0. The number of hydrogen-bond donors (Lipinski definition) is 2. The Balaban J connectivity index is 2.31. The number of carbonyl (C=O) groups excluding carboxylic acids is 1. The number of carboxylic acids is 1. The first-order chi connectivity index (χ1) is 9.88. The maximum absolute atomic E-state index is 13.1. The number of aromatic carboxylic acids is 1. The molecule has 0 aromatic heterocycles. The van der Waals surface area contributed by atoms with Crippen molar-refractivity contribution in [2.24, 2.45) is 0 Å². The Morgan fingerprint density at radius 2 is 1.90 bits per heavy atom. The Kier molecular flexibility index (Phi) is 4.94. The zero-order valence-corrected chi connectivity index (χ0v) is 14.1. The van der Waals surface area contributed by atoms with E-state index in [-0.39, 0.29) is 21.3 Å². The van der Waals surface area contributed by atoms with Crippen LogP contribution in [-0.4, -0.2) is 17.0 Å². The lowest BCUT2D eigenvalue weighted by Crippen LogP contribution is -2.15. The molecule has 108 valence electrons. The van der Waals surface area contributed by atoms with Crippen molar-refractivity contribution in [3.05, 3.63) is 61.4 Å². The van der Waals surface area contributed by atoms with Gasteiger partial charge in [0.05, 0.1) is 15.7 Å². The first kappa shape index (κ1) is 15.9. The van der Waals surface area contributed by atoms with Gasteiger partial charge in [-0.25, -0.2) is 9.18 Å². The molecule has 2 rings (SSSR count). The van der Waals surface area contributed by atoms with Gasteiger partial charge in [-0.3, -0.25) is 4.79 Å². The number of rotatable bonds is 3. The molecule has 2 aromatic carbocycles. The van der Waals surface area contributed by atoms with Crippen molar-refractivity contribution < 1.29 is 19.1 Å². The third-order valence-corrected chi connectivity index (χ3v) is 3.92. The van der Waals surface area contributed by atoms with E-state index in [4.69, 9.17) is 5.11 Å². The topological polar surface area (TPSA) is 66.4 Å². The van der Waals surface area contributed by atoms with Crippen molar-refractivity contribution in [3.63, 3.8) is 0 Å². The van der Waals surface area contributed by atoms with Crippen LogP contribution in [0.5, 0.6) is 0 Å². The minimum absolute atomic E-state index is 0.00331. The summed E-state index contributed by atoms with van der Waals surface area (Å²) in [5.41, 5.74) is 0.406. The van der Waals surface area contributed by atoms with E-state index in [9.17, 15) is 14.0 Å². The van der Waals surface area contributed by atoms with Crippen LogP contribution in [0.2, 0.25) is 0 Å². The van der Waals surface area contributed by atoms with Crippen molar-refractivity contribution in [1.29, 1.82) is 0 Å². The number of carbonyl (C=O) groups is 2. The zero-order valence-electron chi connectivity index (χ0n) is 10.4. The van der Waals surface area contributed by atoms with Crippen LogP contribution in [-0.2, 0) is 0 Å². The van der Waals surface area contributed by atoms with Crippen LogP contribution < -0.4 is 5.32 Å². The summed E-state index contributed by atoms with van der Waals surface area (Å²) >= 11 is 4.98. The molecule has 7 heteroatoms. The molecule has 0 atom stereocenters. The van der Waals surface area contributed by atoms with Gasteiger partial charge in [-0.15, -0.1) is 0 Å². The van der Waals surface area contributed by atoms with Gasteiger partial charge in [0.15, 0.2) is 0 Å². The summed E-state index contributed by atoms with van der Waals surface area (Å²) in [6.45, 7) is 0. The molecule has 2 aromatic rings. The van der Waals surface area contributed by atoms with Crippen LogP contribution in [0, 0.1) is 9.39 Å². The Labute approximate surface area is 141 Å². The normalized spacial score (nSPS) is 10.2. The lowest BCUT2D eigenvalue weighted by atomic mass is 10.1. The van der Waals surface area contributed by atoms with Gasteiger partial charge in [-0.05, 0) is 74.9 Å². The Morgan fingerprint density at radius 1 is 1.19 bits per heavy atom. The Morgan fingerprint density at radius 3 is 2.52 bits per heavy atom. The summed E-state index contributed by atoms with van der Waals surface area (Å²) in [5.74, 6) is -2.13. The smallest absolute Gasteiger partial charge is 0.337 e. The molecular formula is C14H8BrFINO3. The number of benzene rings is 2. The van der Waals surface area contributed by atoms with Crippen LogP contribution in [0.25, 0.3) is 0 Å². The van der Waals surface area contributed by atoms with Gasteiger partial charge >= 0.3 is 5.97 Å². The van der Waals surface area contributed by atoms with Crippen molar-refractivity contribution >= 4 is 56.1 Å². The Hall–Kier alpha value is -1.48. The zero-order chi connectivity index (χ0) is 15.6. The fourth-order valence-corrected chi connectivity index (χ4v) is 2.50. The van der Waals surface area contributed by atoms with Gasteiger partial charge in [0.1, 0.15) is 5.82 Å². The standard InChI is InChI=1S/C14H8BrFINO3/c15-10-5-7(1-3-11(10)16)13(19)18-12-4-2-8(17)6-9(12)14(20)21/h1-6H,(H,18,19)(H,20,21). The largest absolute Gasteiger partial charge is 0.478 e. The number of amides is 1. The second-order valence-electron chi connectivity index (χ2n) is 4.08. The molecule has 0 radical (unpaired) electrons. The first-order valence-electron chi connectivity index (χ1n) is 5.67. The summed E-state index contributed by atoms with van der Waals surface area (Å²) in [6, 6.07) is 8.47. The molecule has 21 heavy (non-hydrogen) atoms. The molecule has 0 saturated carbocycles. The molecule has 1 amide bonds. The highest BCUT2D eigenvalue weighted by atomic mass is 127. The third-order valence-electron chi connectivity index (χ3n) is 2.64. The molecule has 0 aliphatic carbocycles. The lowest BCUT2D eigenvalue weighted by Gasteiger charge is -2.09. The van der Waals surface area contributed by atoms with Gasteiger partial charge in [0.2, 0.25) is 0 Å². The average Bonchev–Trinajstić information content (AvgIpc) is 2.43. The number of hydrogen-bond acceptors (Lipinski definition) is 2. The highest BCUT2D eigenvalue weighted by Gasteiger charge is 2.15. The molecule has 0 aliphatic heterocycles. The molecule has 0 unspecified atom stereocenters. The second-order valence-corrected chi connectivity index (χ2v) is 6.18. The van der Waals surface area contributed by atoms with Gasteiger partial charge in [0.25, 0.3) is 5.91 Å². The summed E-state index contributed by atoms with van der Waals surface area (Å²) in [6.07, 6.45) is 0. The number of carboxylic acid groups (broad SMARTS) is 1.